The van der Waals surface area contributed by atoms with Crippen molar-refractivity contribution in [2.45, 2.75) is 19.9 Å². The van der Waals surface area contributed by atoms with Gasteiger partial charge in [0.15, 0.2) is 16.3 Å². The molecule has 174 valence electrons. The highest BCUT2D eigenvalue weighted by Gasteiger charge is 2.16. The van der Waals surface area contributed by atoms with E-state index in [9.17, 15) is 4.79 Å². The molecule has 8 nitrogen and oxygen atoms in total. The van der Waals surface area contributed by atoms with E-state index in [-0.39, 0.29) is 12.8 Å². The highest BCUT2D eigenvalue weighted by Crippen LogP contribution is 2.36. The second-order valence-electron chi connectivity index (χ2n) is 7.79. The molecule has 3 aromatic rings. The Morgan fingerprint density at radius 2 is 1.91 bits per heavy atom. The third-order valence-corrected chi connectivity index (χ3v) is 6.10. The second-order valence-corrected chi connectivity index (χ2v) is 8.62. The summed E-state index contributed by atoms with van der Waals surface area (Å²) >= 11 is 1.60. The van der Waals surface area contributed by atoms with Crippen LogP contribution >= 0.6 is 11.3 Å². The fourth-order valence-electron chi connectivity index (χ4n) is 3.52. The number of aromatic nitrogens is 1. The van der Waals surface area contributed by atoms with Gasteiger partial charge in [0.25, 0.3) is 0 Å². The number of carbonyl (C=O) groups excluding carboxylic acids is 1. The van der Waals surface area contributed by atoms with Crippen LogP contribution in [0.1, 0.15) is 13.3 Å². The van der Waals surface area contributed by atoms with Crippen LogP contribution in [-0.4, -0.2) is 44.6 Å². The highest BCUT2D eigenvalue weighted by molar-refractivity contribution is 7.07. The van der Waals surface area contributed by atoms with Crippen LogP contribution in [0.2, 0.25) is 0 Å². The zero-order valence-electron chi connectivity index (χ0n) is 19.1. The smallest absolute Gasteiger partial charge is 0.314 e. The lowest BCUT2D eigenvalue weighted by molar-refractivity contribution is 0.174. The molecular formula is C24H29N5O3S. The lowest BCUT2D eigenvalue weighted by Crippen LogP contribution is -2.36. The minimum absolute atomic E-state index is 0.144. The predicted octanol–water partition coefficient (Wildman–Crippen LogP) is 3.95. The number of nitrogens with zero attached hydrogens (tertiary/aromatic N) is 3. The third kappa shape index (κ3) is 5.48. The molecule has 2 N–H and O–H groups in total. The predicted molar refractivity (Wildman–Crippen MR) is 132 cm³/mol. The second kappa shape index (κ2) is 10.4. The number of benzene rings is 2. The summed E-state index contributed by atoms with van der Waals surface area (Å²) in [5.41, 5.74) is 4.12. The first kappa shape index (κ1) is 22.7. The van der Waals surface area contributed by atoms with Gasteiger partial charge < -0.3 is 29.6 Å². The van der Waals surface area contributed by atoms with Gasteiger partial charge in [0.05, 0.1) is 11.4 Å². The fraction of sp³-hybridized carbons (Fsp3) is 0.333. The number of amides is 2. The lowest BCUT2D eigenvalue weighted by atomic mass is 10.1. The first-order chi connectivity index (χ1) is 16.0. The van der Waals surface area contributed by atoms with E-state index in [0.717, 1.165) is 45.4 Å². The standard InChI is InChI=1S/C24H29N5O3S/c1-4-25-23(30)26-12-5-13-29-20(17-6-11-21-22(14-17)32-16-31-21)15-33-24(29)27-18-7-9-19(10-8-18)28(2)3/h6-11,14-15H,4-5,12-13,16H2,1-3H3,(H2,25,26,30). The molecule has 0 spiro atoms. The zero-order chi connectivity index (χ0) is 23.2. The average Bonchev–Trinajstić information content (AvgIpc) is 3.43. The third-order valence-electron chi connectivity index (χ3n) is 5.24. The molecule has 4 rings (SSSR count). The maximum atomic E-state index is 11.7. The van der Waals surface area contributed by atoms with Crippen LogP contribution in [0.25, 0.3) is 11.3 Å². The van der Waals surface area contributed by atoms with Crippen molar-refractivity contribution >= 4 is 28.7 Å². The molecule has 1 aliphatic heterocycles. The van der Waals surface area contributed by atoms with Gasteiger partial charge in [-0.25, -0.2) is 9.79 Å². The molecule has 0 radical (unpaired) electrons. The van der Waals surface area contributed by atoms with Crippen LogP contribution in [-0.2, 0) is 6.54 Å². The van der Waals surface area contributed by atoms with Crippen molar-refractivity contribution in [2.75, 3.05) is 38.9 Å². The number of carbonyl (C=O) groups is 1. The highest BCUT2D eigenvalue weighted by atomic mass is 32.1. The SMILES string of the molecule is CCNC(=O)NCCCn1c(-c2ccc3c(c2)OCO3)csc1=Nc1ccc(N(C)C)cc1. The summed E-state index contributed by atoms with van der Waals surface area (Å²) in [6, 6.07) is 14.0. The number of fused-ring (bicyclic) bond motifs is 1. The summed E-state index contributed by atoms with van der Waals surface area (Å²) in [7, 11) is 4.04. The Morgan fingerprint density at radius 3 is 2.67 bits per heavy atom. The summed E-state index contributed by atoms with van der Waals surface area (Å²) in [6.07, 6.45) is 0.776. The van der Waals surface area contributed by atoms with Crippen LogP contribution < -0.4 is 29.8 Å². The van der Waals surface area contributed by atoms with Crippen molar-refractivity contribution in [3.8, 4) is 22.8 Å². The minimum atomic E-state index is -0.144. The maximum absolute atomic E-state index is 11.7. The van der Waals surface area contributed by atoms with Gasteiger partial charge in [0.2, 0.25) is 6.79 Å². The molecule has 1 aliphatic rings. The number of urea groups is 1. The minimum Gasteiger partial charge on any atom is -0.454 e. The number of rotatable bonds is 8. The van der Waals surface area contributed by atoms with Crippen LogP contribution in [0.15, 0.2) is 52.8 Å². The van der Waals surface area contributed by atoms with Gasteiger partial charge in [0.1, 0.15) is 0 Å². The van der Waals surface area contributed by atoms with Crippen molar-refractivity contribution in [3.63, 3.8) is 0 Å². The molecule has 0 unspecified atom stereocenters. The van der Waals surface area contributed by atoms with Gasteiger partial charge in [-0.2, -0.15) is 0 Å². The largest absolute Gasteiger partial charge is 0.454 e. The first-order valence-electron chi connectivity index (χ1n) is 11.0. The lowest BCUT2D eigenvalue weighted by Gasteiger charge is -2.12. The first-order valence-corrected chi connectivity index (χ1v) is 11.9. The summed E-state index contributed by atoms with van der Waals surface area (Å²) < 4.78 is 13.2. The number of anilines is 1. The number of hydrogen-bond acceptors (Lipinski definition) is 6. The van der Waals surface area contributed by atoms with E-state index in [2.05, 4.69) is 37.6 Å². The van der Waals surface area contributed by atoms with E-state index in [1.165, 1.54) is 0 Å². The topological polar surface area (TPSA) is 80.1 Å². The molecular weight excluding hydrogens is 438 g/mol. The van der Waals surface area contributed by atoms with E-state index < -0.39 is 0 Å². The van der Waals surface area contributed by atoms with Crippen molar-refractivity contribution in [3.05, 3.63) is 52.6 Å². The van der Waals surface area contributed by atoms with Crippen LogP contribution in [0, 0.1) is 0 Å². The molecule has 33 heavy (non-hydrogen) atoms. The Kier molecular flexibility index (Phi) is 7.19. The number of thiazole rings is 1. The average molecular weight is 468 g/mol. The maximum Gasteiger partial charge on any atom is 0.314 e. The van der Waals surface area contributed by atoms with E-state index in [1.807, 2.05) is 51.4 Å². The number of nitrogens with one attached hydrogen (secondary N) is 2. The monoisotopic (exact) mass is 467 g/mol. The molecule has 0 aliphatic carbocycles. The number of hydrogen-bond donors (Lipinski definition) is 2. The van der Waals surface area contributed by atoms with Crippen molar-refractivity contribution in [1.29, 1.82) is 0 Å². The van der Waals surface area contributed by atoms with E-state index in [0.29, 0.717) is 19.6 Å². The Morgan fingerprint density at radius 1 is 1.12 bits per heavy atom. The van der Waals surface area contributed by atoms with E-state index >= 15 is 0 Å². The molecule has 2 amide bonds. The summed E-state index contributed by atoms with van der Waals surface area (Å²) in [6.45, 7) is 4.05. The van der Waals surface area contributed by atoms with Crippen LogP contribution in [0.4, 0.5) is 16.2 Å². The molecule has 2 aromatic carbocycles. The molecule has 0 atom stereocenters. The van der Waals surface area contributed by atoms with Gasteiger partial charge in [-0.05, 0) is 55.8 Å². The fourth-order valence-corrected chi connectivity index (χ4v) is 4.47. The molecule has 2 heterocycles. The number of ether oxygens (including phenoxy) is 2. The van der Waals surface area contributed by atoms with Crippen molar-refractivity contribution in [1.82, 2.24) is 15.2 Å². The molecule has 0 fully saturated rings. The van der Waals surface area contributed by atoms with Gasteiger partial charge >= 0.3 is 6.03 Å². The molecule has 9 heteroatoms. The van der Waals surface area contributed by atoms with E-state index in [1.54, 1.807) is 11.3 Å². The molecule has 0 saturated carbocycles. The quantitative estimate of drug-likeness (QED) is 0.492. The Bertz CT molecular complexity index is 1170. The van der Waals surface area contributed by atoms with Gasteiger partial charge in [0, 0.05) is 50.4 Å². The van der Waals surface area contributed by atoms with E-state index in [4.69, 9.17) is 14.5 Å². The molecule has 0 bridgehead atoms. The summed E-state index contributed by atoms with van der Waals surface area (Å²) in [4.78, 5) is 19.6. The molecule has 1 aromatic heterocycles. The molecule has 0 saturated heterocycles. The Hall–Kier alpha value is -3.46. The summed E-state index contributed by atoms with van der Waals surface area (Å²) in [5.74, 6) is 1.51. The van der Waals surface area contributed by atoms with Crippen LogP contribution in [0.5, 0.6) is 11.5 Å². The normalized spacial score (nSPS) is 12.6. The summed E-state index contributed by atoms with van der Waals surface area (Å²) in [5, 5.41) is 7.76. The van der Waals surface area contributed by atoms with Crippen molar-refractivity contribution in [2.24, 2.45) is 4.99 Å². The van der Waals surface area contributed by atoms with Gasteiger partial charge in [-0.1, -0.05) is 0 Å². The van der Waals surface area contributed by atoms with Crippen LogP contribution in [0.3, 0.4) is 0 Å². The van der Waals surface area contributed by atoms with Crippen molar-refractivity contribution < 1.29 is 14.3 Å². The Balaban J connectivity index is 1.62. The zero-order valence-corrected chi connectivity index (χ0v) is 19.9. The van der Waals surface area contributed by atoms with Gasteiger partial charge in [-0.15, -0.1) is 11.3 Å². The Labute approximate surface area is 197 Å². The van der Waals surface area contributed by atoms with Gasteiger partial charge in [-0.3, -0.25) is 0 Å².